The number of carbonyl (C=O) groups is 2. The van der Waals surface area contributed by atoms with Crippen LogP contribution in [0.15, 0.2) is 12.1 Å². The Balaban J connectivity index is 2.76. The van der Waals surface area contributed by atoms with E-state index in [0.29, 0.717) is 11.4 Å². The minimum absolute atomic E-state index is 0.201. The molecule has 2 amide bonds. The third-order valence-corrected chi connectivity index (χ3v) is 2.65. The smallest absolute Gasteiger partial charge is 0.323 e. The number of nitrogens with one attached hydrogen (secondary N) is 1. The Kier molecular flexibility index (Phi) is 5.92. The molecule has 0 aliphatic heterocycles. The number of carbonyl (C=O) groups excluding carboxylic acids is 1. The van der Waals surface area contributed by atoms with Crippen LogP contribution < -0.4 is 5.32 Å². The maximum atomic E-state index is 12.1. The summed E-state index contributed by atoms with van der Waals surface area (Å²) in [7, 11) is 1.49. The number of hydrogen-bond donors (Lipinski definition) is 2. The minimum Gasteiger partial charge on any atom is -0.480 e. The minimum atomic E-state index is -1.07. The maximum absolute atomic E-state index is 12.1. The van der Waals surface area contributed by atoms with Crippen LogP contribution in [-0.2, 0) is 9.53 Å². The number of hydrogen-bond acceptors (Lipinski definition) is 4. The summed E-state index contributed by atoms with van der Waals surface area (Å²) < 4.78 is 4.87. The lowest BCUT2D eigenvalue weighted by Crippen LogP contribution is -2.40. The number of carboxylic acid groups (broad SMARTS) is 1. The summed E-state index contributed by atoms with van der Waals surface area (Å²) in [5.74, 6) is -1.07. The first-order valence-electron chi connectivity index (χ1n) is 6.15. The predicted octanol–water partition coefficient (Wildman–Crippen LogP) is 1.26. The Bertz CT molecular complexity index is 491. The first-order valence-corrected chi connectivity index (χ1v) is 6.15. The van der Waals surface area contributed by atoms with Crippen molar-refractivity contribution in [2.75, 3.05) is 32.1 Å². The highest BCUT2D eigenvalue weighted by Crippen LogP contribution is 2.13. The number of aromatic nitrogens is 1. The highest BCUT2D eigenvalue weighted by molar-refractivity contribution is 5.91. The SMILES string of the molecule is COCCN(CC(=O)O)C(=O)Nc1ccc(C)nc1C. The summed E-state index contributed by atoms with van der Waals surface area (Å²) in [6.07, 6.45) is 0. The van der Waals surface area contributed by atoms with Crippen LogP contribution in [0.4, 0.5) is 10.5 Å². The second-order valence-electron chi connectivity index (χ2n) is 4.32. The monoisotopic (exact) mass is 281 g/mol. The molecule has 7 nitrogen and oxygen atoms in total. The van der Waals surface area contributed by atoms with Gasteiger partial charge in [-0.25, -0.2) is 4.79 Å². The number of carboxylic acids is 1. The van der Waals surface area contributed by atoms with Crippen molar-refractivity contribution in [2.24, 2.45) is 0 Å². The quantitative estimate of drug-likeness (QED) is 0.819. The van der Waals surface area contributed by atoms with E-state index in [2.05, 4.69) is 10.3 Å². The molecular formula is C13H19N3O4. The van der Waals surface area contributed by atoms with Gasteiger partial charge in [0.05, 0.1) is 18.0 Å². The fourth-order valence-electron chi connectivity index (χ4n) is 1.63. The summed E-state index contributed by atoms with van der Waals surface area (Å²) in [4.78, 5) is 28.2. The molecule has 0 aromatic carbocycles. The number of amides is 2. The summed E-state index contributed by atoms with van der Waals surface area (Å²) in [6.45, 7) is 3.72. The number of urea groups is 1. The lowest BCUT2D eigenvalue weighted by Gasteiger charge is -2.21. The highest BCUT2D eigenvalue weighted by atomic mass is 16.5. The molecule has 0 unspecified atom stereocenters. The van der Waals surface area contributed by atoms with Gasteiger partial charge in [-0.2, -0.15) is 0 Å². The van der Waals surface area contributed by atoms with Gasteiger partial charge in [-0.15, -0.1) is 0 Å². The zero-order chi connectivity index (χ0) is 15.1. The molecule has 1 aromatic heterocycles. The molecule has 2 N–H and O–H groups in total. The number of methoxy groups -OCH3 is 1. The van der Waals surface area contributed by atoms with E-state index < -0.39 is 12.0 Å². The van der Waals surface area contributed by atoms with E-state index in [0.717, 1.165) is 5.69 Å². The number of aliphatic carboxylic acids is 1. The number of rotatable bonds is 6. The van der Waals surface area contributed by atoms with Crippen molar-refractivity contribution >= 4 is 17.7 Å². The van der Waals surface area contributed by atoms with Gasteiger partial charge in [0.2, 0.25) is 0 Å². The second kappa shape index (κ2) is 7.44. The number of anilines is 1. The summed E-state index contributed by atoms with van der Waals surface area (Å²) in [5, 5.41) is 11.5. The number of ether oxygens (including phenoxy) is 1. The lowest BCUT2D eigenvalue weighted by atomic mass is 10.3. The van der Waals surface area contributed by atoms with Gasteiger partial charge in [-0.1, -0.05) is 0 Å². The molecule has 0 radical (unpaired) electrons. The largest absolute Gasteiger partial charge is 0.480 e. The standard InChI is InChI=1S/C13H19N3O4/c1-9-4-5-11(10(2)14-9)15-13(19)16(6-7-20-3)8-12(17)18/h4-5H,6-8H2,1-3H3,(H,15,19)(H,17,18). The van der Waals surface area contributed by atoms with Crippen LogP contribution in [-0.4, -0.2) is 53.8 Å². The summed E-state index contributed by atoms with van der Waals surface area (Å²) in [6, 6.07) is 3.03. The summed E-state index contributed by atoms with van der Waals surface area (Å²) in [5.41, 5.74) is 2.09. The Labute approximate surface area is 117 Å². The van der Waals surface area contributed by atoms with Crippen molar-refractivity contribution in [1.82, 2.24) is 9.88 Å². The molecule has 0 fully saturated rings. The first kappa shape index (κ1) is 15.9. The molecule has 0 saturated heterocycles. The van der Waals surface area contributed by atoms with Crippen LogP contribution in [0.25, 0.3) is 0 Å². The van der Waals surface area contributed by atoms with E-state index in [-0.39, 0.29) is 19.7 Å². The van der Waals surface area contributed by atoms with Gasteiger partial charge >= 0.3 is 12.0 Å². The zero-order valence-electron chi connectivity index (χ0n) is 11.8. The molecule has 1 heterocycles. The average molecular weight is 281 g/mol. The Hall–Kier alpha value is -2.15. The highest BCUT2D eigenvalue weighted by Gasteiger charge is 2.17. The average Bonchev–Trinajstić information content (AvgIpc) is 2.37. The molecule has 110 valence electrons. The summed E-state index contributed by atoms with van der Waals surface area (Å²) >= 11 is 0. The van der Waals surface area contributed by atoms with E-state index in [9.17, 15) is 9.59 Å². The van der Waals surface area contributed by atoms with Crippen LogP contribution >= 0.6 is 0 Å². The number of aryl methyl sites for hydroxylation is 2. The van der Waals surface area contributed by atoms with Gasteiger partial charge in [0.1, 0.15) is 6.54 Å². The maximum Gasteiger partial charge on any atom is 0.323 e. The van der Waals surface area contributed by atoms with Crippen molar-refractivity contribution in [2.45, 2.75) is 13.8 Å². The second-order valence-corrected chi connectivity index (χ2v) is 4.32. The van der Waals surface area contributed by atoms with Crippen LogP contribution in [0.2, 0.25) is 0 Å². The molecule has 0 atom stereocenters. The lowest BCUT2D eigenvalue weighted by molar-refractivity contribution is -0.137. The molecule has 0 aliphatic rings. The van der Waals surface area contributed by atoms with Gasteiger partial charge in [0.25, 0.3) is 0 Å². The first-order chi connectivity index (χ1) is 9.43. The third kappa shape index (κ3) is 4.85. The molecule has 0 aliphatic carbocycles. The van der Waals surface area contributed by atoms with Crippen LogP contribution in [0, 0.1) is 13.8 Å². The van der Waals surface area contributed by atoms with Crippen LogP contribution in [0.1, 0.15) is 11.4 Å². The molecule has 1 aromatic rings. The van der Waals surface area contributed by atoms with E-state index in [1.807, 2.05) is 6.92 Å². The van der Waals surface area contributed by atoms with Gasteiger partial charge in [-0.05, 0) is 26.0 Å². The zero-order valence-corrected chi connectivity index (χ0v) is 11.8. The fourth-order valence-corrected chi connectivity index (χ4v) is 1.63. The van der Waals surface area contributed by atoms with Gasteiger partial charge in [0.15, 0.2) is 0 Å². The normalized spacial score (nSPS) is 10.2. The molecular weight excluding hydrogens is 262 g/mol. The third-order valence-electron chi connectivity index (χ3n) is 2.65. The van der Waals surface area contributed by atoms with E-state index in [1.165, 1.54) is 12.0 Å². The fraction of sp³-hybridized carbons (Fsp3) is 0.462. The Morgan fingerprint density at radius 2 is 2.10 bits per heavy atom. The topological polar surface area (TPSA) is 91.8 Å². The Morgan fingerprint density at radius 1 is 1.40 bits per heavy atom. The van der Waals surface area contributed by atoms with Crippen molar-refractivity contribution in [1.29, 1.82) is 0 Å². The van der Waals surface area contributed by atoms with Gasteiger partial charge in [-0.3, -0.25) is 9.78 Å². The number of pyridine rings is 1. The van der Waals surface area contributed by atoms with E-state index in [4.69, 9.17) is 9.84 Å². The molecule has 0 spiro atoms. The Morgan fingerprint density at radius 3 is 2.65 bits per heavy atom. The molecule has 0 saturated carbocycles. The van der Waals surface area contributed by atoms with Crippen molar-refractivity contribution in [3.05, 3.63) is 23.5 Å². The predicted molar refractivity (Wildman–Crippen MR) is 73.8 cm³/mol. The van der Waals surface area contributed by atoms with Gasteiger partial charge in [0, 0.05) is 19.3 Å². The molecule has 0 bridgehead atoms. The van der Waals surface area contributed by atoms with Gasteiger partial charge < -0.3 is 20.1 Å². The molecule has 1 rings (SSSR count). The number of nitrogens with zero attached hydrogens (tertiary/aromatic N) is 2. The van der Waals surface area contributed by atoms with Crippen LogP contribution in [0.3, 0.4) is 0 Å². The van der Waals surface area contributed by atoms with Crippen molar-refractivity contribution < 1.29 is 19.4 Å². The van der Waals surface area contributed by atoms with Crippen molar-refractivity contribution in [3.8, 4) is 0 Å². The molecule has 20 heavy (non-hydrogen) atoms. The molecule has 7 heteroatoms. The van der Waals surface area contributed by atoms with E-state index in [1.54, 1.807) is 19.1 Å². The van der Waals surface area contributed by atoms with Crippen molar-refractivity contribution in [3.63, 3.8) is 0 Å². The van der Waals surface area contributed by atoms with E-state index >= 15 is 0 Å². The van der Waals surface area contributed by atoms with Crippen LogP contribution in [0.5, 0.6) is 0 Å².